The van der Waals surface area contributed by atoms with Gasteiger partial charge in [-0.1, -0.05) is 90.6 Å². The molecule has 0 aliphatic heterocycles. The maximum Gasteiger partial charge on any atom is 0.0830 e. The first-order chi connectivity index (χ1) is 29.9. The molecule has 0 heterocycles. The Kier molecular flexibility index (Phi) is 15.8. The van der Waals surface area contributed by atoms with Crippen LogP contribution in [0.5, 0.6) is 0 Å². The first-order valence-electron chi connectivity index (χ1n) is 20.1. The van der Waals surface area contributed by atoms with Gasteiger partial charge in [-0.05, 0) is 134 Å². The smallest absolute Gasteiger partial charge is 0.0830 e. The molecule has 0 radical (unpaired) electrons. The summed E-state index contributed by atoms with van der Waals surface area (Å²) in [6.45, 7) is 2.49. The van der Waals surface area contributed by atoms with E-state index in [4.69, 9.17) is 10.2 Å². The summed E-state index contributed by atoms with van der Waals surface area (Å²) in [7, 11) is 0. The second kappa shape index (κ2) is 22.2. The molecule has 0 saturated carbocycles. The fourth-order valence-corrected chi connectivity index (χ4v) is 8.48. The number of nitrogens with zero attached hydrogens (tertiary/aromatic N) is 5. The molecule has 61 heavy (non-hydrogen) atoms. The van der Waals surface area contributed by atoms with Crippen molar-refractivity contribution in [1.29, 1.82) is 0 Å². The van der Waals surface area contributed by atoms with Gasteiger partial charge in [0.05, 0.1) is 49.1 Å². The minimum atomic E-state index is -0.613. The van der Waals surface area contributed by atoms with E-state index >= 15 is 0 Å². The lowest BCUT2D eigenvalue weighted by molar-refractivity contribution is 0.200. The van der Waals surface area contributed by atoms with Crippen molar-refractivity contribution in [3.05, 3.63) is 199 Å². The van der Waals surface area contributed by atoms with Crippen LogP contribution >= 0.6 is 35.3 Å². The van der Waals surface area contributed by atoms with E-state index in [1.165, 1.54) is 14.7 Å². The number of thioether (sulfide) groups is 2. The number of aliphatic hydroxyl groups is 2. The van der Waals surface area contributed by atoms with E-state index in [-0.39, 0.29) is 0 Å². The molecule has 0 fully saturated rings. The van der Waals surface area contributed by atoms with Gasteiger partial charge >= 0.3 is 0 Å². The molecule has 0 bridgehead atoms. The van der Waals surface area contributed by atoms with Crippen LogP contribution in [0.25, 0.3) is 0 Å². The van der Waals surface area contributed by atoms with Crippen molar-refractivity contribution >= 4 is 76.2 Å². The molecule has 7 nitrogen and oxygen atoms in total. The van der Waals surface area contributed by atoms with E-state index in [9.17, 15) is 10.2 Å². The average molecular weight is 860 g/mol. The van der Waals surface area contributed by atoms with Crippen LogP contribution in [0.1, 0.15) is 18.1 Å². The minimum Gasteiger partial charge on any atom is -0.391 e. The van der Waals surface area contributed by atoms with E-state index in [0.717, 1.165) is 44.5 Å². The van der Waals surface area contributed by atoms with Gasteiger partial charge in [0.2, 0.25) is 0 Å². The summed E-state index contributed by atoms with van der Waals surface area (Å²) in [4.78, 5) is 6.99. The highest BCUT2D eigenvalue weighted by Crippen LogP contribution is 2.35. The number of hydrazone groups is 2. The maximum atomic E-state index is 11.2. The lowest BCUT2D eigenvalue weighted by Crippen LogP contribution is -2.30. The Hall–Kier alpha value is -5.75. The number of rotatable bonds is 19. The topological polar surface area (TPSA) is 74.9 Å². The summed E-state index contributed by atoms with van der Waals surface area (Å²) in [5.74, 6) is 0.536. The summed E-state index contributed by atoms with van der Waals surface area (Å²) < 4.78 is 0. The number of aliphatic hydroxyl groups excluding tert-OH is 2. The molecular weight excluding hydrogens is 811 g/mol. The number of anilines is 5. The average Bonchev–Trinajstić information content (AvgIpc) is 3.31. The van der Waals surface area contributed by atoms with E-state index in [1.807, 2.05) is 101 Å². The largest absolute Gasteiger partial charge is 0.391 e. The molecule has 0 amide bonds. The molecule has 0 spiro atoms. The molecule has 7 rings (SSSR count). The van der Waals surface area contributed by atoms with Gasteiger partial charge in [-0.25, -0.2) is 0 Å². The number of hydrogen-bond donors (Lipinski definition) is 2. The summed E-state index contributed by atoms with van der Waals surface area (Å²) in [6, 6.07) is 63.9. The Morgan fingerprint density at radius 2 is 0.869 bits per heavy atom. The third-order valence-electron chi connectivity index (χ3n) is 9.50. The maximum absolute atomic E-state index is 11.2. The minimum absolute atomic E-state index is 0.346. The summed E-state index contributed by atoms with van der Waals surface area (Å²) in [6.07, 6.45) is 4.61. The second-order valence-corrected chi connectivity index (χ2v) is 17.4. The Labute approximate surface area is 372 Å². The molecule has 2 N–H and O–H groups in total. The third kappa shape index (κ3) is 12.9. The predicted molar refractivity (Wildman–Crippen MR) is 261 cm³/mol. The van der Waals surface area contributed by atoms with Crippen molar-refractivity contribution in [3.63, 3.8) is 0 Å². The zero-order valence-corrected chi connectivity index (χ0v) is 36.6. The molecule has 7 aromatic carbocycles. The molecule has 0 aliphatic rings. The van der Waals surface area contributed by atoms with Gasteiger partial charge in [0.15, 0.2) is 0 Å². The summed E-state index contributed by atoms with van der Waals surface area (Å²) >= 11 is 5.14. The first kappa shape index (κ1) is 43.3. The number of benzene rings is 7. The van der Waals surface area contributed by atoms with Crippen LogP contribution in [0.2, 0.25) is 0 Å². The molecule has 2 unspecified atom stereocenters. The molecular formula is C51H49N5O2S3. The van der Waals surface area contributed by atoms with Crippen LogP contribution < -0.4 is 14.9 Å². The third-order valence-corrected chi connectivity index (χ3v) is 12.4. The van der Waals surface area contributed by atoms with Crippen LogP contribution in [-0.2, 0) is 0 Å². The van der Waals surface area contributed by atoms with Gasteiger partial charge in [-0.2, -0.15) is 10.2 Å². The van der Waals surface area contributed by atoms with Crippen molar-refractivity contribution in [2.45, 2.75) is 38.7 Å². The lowest BCUT2D eigenvalue weighted by Gasteiger charge is -2.25. The number of para-hydroxylation sites is 3. The number of hydrogen-bond acceptors (Lipinski definition) is 10. The Morgan fingerprint density at radius 1 is 0.475 bits per heavy atom. The van der Waals surface area contributed by atoms with Gasteiger partial charge in [0.25, 0.3) is 0 Å². The van der Waals surface area contributed by atoms with E-state index in [2.05, 4.69) is 120 Å². The highest BCUT2D eigenvalue weighted by atomic mass is 32.2. The van der Waals surface area contributed by atoms with Crippen LogP contribution in [0, 0.1) is 0 Å². The van der Waals surface area contributed by atoms with Crippen molar-refractivity contribution in [2.75, 3.05) is 40.0 Å². The van der Waals surface area contributed by atoms with Crippen molar-refractivity contribution in [3.8, 4) is 0 Å². The molecule has 10 heteroatoms. The van der Waals surface area contributed by atoms with Crippen LogP contribution in [0.15, 0.2) is 218 Å². The van der Waals surface area contributed by atoms with Crippen molar-refractivity contribution < 1.29 is 10.2 Å². The molecule has 0 aromatic heterocycles. The first-order valence-corrected chi connectivity index (χ1v) is 23.1. The molecule has 308 valence electrons. The van der Waals surface area contributed by atoms with Gasteiger partial charge < -0.3 is 15.1 Å². The van der Waals surface area contributed by atoms with Crippen LogP contribution in [0.4, 0.5) is 28.4 Å². The summed E-state index contributed by atoms with van der Waals surface area (Å²) in [5.41, 5.74) is 6.74. The van der Waals surface area contributed by atoms with Crippen LogP contribution in [-0.4, -0.2) is 59.9 Å². The standard InChI is InChI=1S/C51H49N5O2S3/c1-39(57)36-54(42-12-6-3-7-13-42)52-34-40-18-22-45(23-19-40)56(44-16-10-5-11-17-44)46-24-20-41(21-25-46)35-53-55(43-14-8-4-9-15-43)37-47(58)38-60-49-28-32-51(33-29-49)61-50-30-26-48(59-2)27-31-50/h3-35,39,47,57-58H,36-38H2,1-2H3/b52-34-,53-35-. The second-order valence-electron chi connectivity index (χ2n) is 14.2. The Balaban J connectivity index is 1.01. The highest BCUT2D eigenvalue weighted by molar-refractivity contribution is 8.00. The SMILES string of the molecule is CSc1ccc(Sc2ccc(SCC(O)CN(/N=C\c3ccc(N(c4ccccc4)c4ccc(/C=N\N(CC(C)O)c5ccccc5)cc4)cc3)c3ccccc3)cc2)cc1. The quantitative estimate of drug-likeness (QED) is 0.0473. The normalized spacial score (nSPS) is 12.4. The Morgan fingerprint density at radius 3 is 1.31 bits per heavy atom. The predicted octanol–water partition coefficient (Wildman–Crippen LogP) is 12.2. The fraction of sp³-hybridized carbons (Fsp3) is 0.137. The summed E-state index contributed by atoms with van der Waals surface area (Å²) in [5, 5.41) is 34.6. The molecule has 0 saturated heterocycles. The molecule has 2 atom stereocenters. The van der Waals surface area contributed by atoms with Gasteiger partial charge in [-0.15, -0.1) is 23.5 Å². The van der Waals surface area contributed by atoms with E-state index in [1.54, 1.807) is 42.2 Å². The van der Waals surface area contributed by atoms with Gasteiger partial charge in [-0.3, -0.25) is 10.0 Å². The Bertz CT molecular complexity index is 2420. The fourth-order valence-electron chi connectivity index (χ4n) is 6.43. The van der Waals surface area contributed by atoms with E-state index in [0.29, 0.717) is 18.8 Å². The monoisotopic (exact) mass is 859 g/mol. The zero-order valence-electron chi connectivity index (χ0n) is 34.2. The highest BCUT2D eigenvalue weighted by Gasteiger charge is 2.15. The molecule has 7 aromatic rings. The molecule has 0 aliphatic carbocycles. The van der Waals surface area contributed by atoms with Gasteiger partial charge in [0.1, 0.15) is 0 Å². The van der Waals surface area contributed by atoms with Gasteiger partial charge in [0, 0.05) is 42.4 Å². The van der Waals surface area contributed by atoms with E-state index < -0.39 is 12.2 Å². The lowest BCUT2D eigenvalue weighted by atomic mass is 10.1. The zero-order chi connectivity index (χ0) is 42.2. The van der Waals surface area contributed by atoms with Crippen LogP contribution in [0.3, 0.4) is 0 Å². The van der Waals surface area contributed by atoms with Crippen molar-refractivity contribution in [1.82, 2.24) is 0 Å². The van der Waals surface area contributed by atoms with Crippen molar-refractivity contribution in [2.24, 2.45) is 10.2 Å².